The molecule has 2 fully saturated rings. The summed E-state index contributed by atoms with van der Waals surface area (Å²) in [5.41, 5.74) is 5.23. The smallest absolute Gasteiger partial charge is 0.0822 e. The minimum absolute atomic E-state index is 0.233. The van der Waals surface area contributed by atoms with Gasteiger partial charge in [-0.15, -0.1) is 0 Å². The van der Waals surface area contributed by atoms with Crippen LogP contribution in [0.4, 0.5) is 0 Å². The summed E-state index contributed by atoms with van der Waals surface area (Å²) in [4.78, 5) is 0. The Hall–Kier alpha value is -1.38. The summed E-state index contributed by atoms with van der Waals surface area (Å²) in [6.07, 6.45) is 20.1. The lowest BCUT2D eigenvalue weighted by Crippen LogP contribution is -2.32. The van der Waals surface area contributed by atoms with Gasteiger partial charge in [0.1, 0.15) is 0 Å². The first-order valence-corrected chi connectivity index (χ1v) is 13.0. The first-order chi connectivity index (χ1) is 15.1. The molecule has 0 aromatic heterocycles. The standard InChI is InChI=1S/C30H46O2/c1-7-30(32,8-2)18-9-11-21(3)27-15-16-28-24(12-10-17-29(27,28)6)13-14-25-20-26(31)19-22(4)23(25)5/h9,13-15,18,21-22,26,28,31-32H,5,7-8,10-12,16-17,19-20H2,1-4,6H3/b18-9+,24-13-,25-14+. The largest absolute Gasteiger partial charge is 0.393 e. The lowest BCUT2D eigenvalue weighted by Gasteiger charge is -2.42. The molecule has 3 rings (SSSR count). The second-order valence-electron chi connectivity index (χ2n) is 11.0. The normalized spacial score (nSPS) is 34.9. The zero-order valence-corrected chi connectivity index (χ0v) is 21.2. The van der Waals surface area contributed by atoms with Crippen LogP contribution in [0, 0.1) is 23.2 Å². The van der Waals surface area contributed by atoms with Crippen LogP contribution < -0.4 is 0 Å². The second-order valence-corrected chi connectivity index (χ2v) is 11.0. The minimum atomic E-state index is -0.654. The number of fused-ring (bicyclic) bond motifs is 1. The molecule has 3 aliphatic rings. The van der Waals surface area contributed by atoms with Gasteiger partial charge in [-0.1, -0.05) is 82.7 Å². The van der Waals surface area contributed by atoms with Crippen LogP contribution in [0.2, 0.25) is 0 Å². The van der Waals surface area contributed by atoms with Crippen molar-refractivity contribution in [2.24, 2.45) is 23.2 Å². The Balaban J connectivity index is 1.73. The van der Waals surface area contributed by atoms with Crippen molar-refractivity contribution in [3.63, 3.8) is 0 Å². The molecule has 2 nitrogen and oxygen atoms in total. The number of aliphatic hydroxyl groups excluding tert-OH is 1. The number of aliphatic hydroxyl groups is 2. The van der Waals surface area contributed by atoms with Gasteiger partial charge in [-0.3, -0.25) is 0 Å². The van der Waals surface area contributed by atoms with Gasteiger partial charge in [0.15, 0.2) is 0 Å². The van der Waals surface area contributed by atoms with E-state index in [-0.39, 0.29) is 11.5 Å². The van der Waals surface area contributed by atoms with Gasteiger partial charge in [-0.25, -0.2) is 0 Å². The van der Waals surface area contributed by atoms with Crippen LogP contribution in [0.3, 0.4) is 0 Å². The van der Waals surface area contributed by atoms with Crippen molar-refractivity contribution in [1.82, 2.24) is 0 Å². The van der Waals surface area contributed by atoms with Crippen LogP contribution in [0.25, 0.3) is 0 Å². The SMILES string of the molecule is C=C1/C(=C/C=C2/CCCC3(C)C(C(C)C/C=C/C(O)(CC)CC)=CCC23)CC(O)CC1C. The number of rotatable bonds is 7. The highest BCUT2D eigenvalue weighted by Gasteiger charge is 2.45. The summed E-state index contributed by atoms with van der Waals surface area (Å²) < 4.78 is 0. The summed E-state index contributed by atoms with van der Waals surface area (Å²) in [7, 11) is 0. The topological polar surface area (TPSA) is 40.5 Å². The van der Waals surface area contributed by atoms with E-state index in [1.54, 1.807) is 11.1 Å². The molecule has 178 valence electrons. The Morgan fingerprint density at radius 3 is 2.69 bits per heavy atom. The fourth-order valence-corrected chi connectivity index (χ4v) is 6.44. The third-order valence-corrected chi connectivity index (χ3v) is 8.87. The first-order valence-electron chi connectivity index (χ1n) is 13.0. The molecule has 0 aromatic rings. The van der Waals surface area contributed by atoms with E-state index in [2.05, 4.69) is 65.5 Å². The highest BCUT2D eigenvalue weighted by atomic mass is 16.3. The Labute approximate surface area is 196 Å². The van der Waals surface area contributed by atoms with Gasteiger partial charge in [-0.05, 0) is 92.1 Å². The summed E-state index contributed by atoms with van der Waals surface area (Å²) in [6.45, 7) is 15.4. The number of hydrogen-bond donors (Lipinski definition) is 2. The maximum Gasteiger partial charge on any atom is 0.0822 e. The van der Waals surface area contributed by atoms with Gasteiger partial charge in [0.05, 0.1) is 11.7 Å². The van der Waals surface area contributed by atoms with Crippen LogP contribution >= 0.6 is 0 Å². The molecular weight excluding hydrogens is 392 g/mol. The molecule has 3 aliphatic carbocycles. The maximum absolute atomic E-state index is 10.6. The minimum Gasteiger partial charge on any atom is -0.393 e. The molecule has 0 aromatic carbocycles. The third-order valence-electron chi connectivity index (χ3n) is 8.87. The fourth-order valence-electron chi connectivity index (χ4n) is 6.44. The molecule has 5 unspecified atom stereocenters. The van der Waals surface area contributed by atoms with Crippen LogP contribution in [-0.2, 0) is 0 Å². The van der Waals surface area contributed by atoms with Gasteiger partial charge in [0.25, 0.3) is 0 Å². The van der Waals surface area contributed by atoms with Crippen molar-refractivity contribution in [2.75, 3.05) is 0 Å². The van der Waals surface area contributed by atoms with Crippen molar-refractivity contribution in [2.45, 2.75) is 104 Å². The van der Waals surface area contributed by atoms with E-state index < -0.39 is 5.60 Å². The van der Waals surface area contributed by atoms with Crippen molar-refractivity contribution >= 4 is 0 Å². The van der Waals surface area contributed by atoms with Crippen LogP contribution in [-0.4, -0.2) is 21.9 Å². The van der Waals surface area contributed by atoms with Crippen molar-refractivity contribution < 1.29 is 10.2 Å². The predicted molar refractivity (Wildman–Crippen MR) is 136 cm³/mol. The fraction of sp³-hybridized carbons (Fsp3) is 0.667. The average Bonchev–Trinajstić information content (AvgIpc) is 3.12. The summed E-state index contributed by atoms with van der Waals surface area (Å²) in [6, 6.07) is 0. The van der Waals surface area contributed by atoms with E-state index in [1.165, 1.54) is 30.4 Å². The van der Waals surface area contributed by atoms with Crippen LogP contribution in [0.5, 0.6) is 0 Å². The van der Waals surface area contributed by atoms with Crippen molar-refractivity contribution in [3.05, 3.63) is 59.3 Å². The molecule has 2 heteroatoms. The molecule has 0 saturated heterocycles. The molecule has 0 heterocycles. The van der Waals surface area contributed by atoms with E-state index in [0.717, 1.165) is 38.5 Å². The van der Waals surface area contributed by atoms with E-state index in [0.29, 0.717) is 17.8 Å². The van der Waals surface area contributed by atoms with Crippen LogP contribution in [0.1, 0.15) is 92.4 Å². The lowest BCUT2D eigenvalue weighted by atomic mass is 9.62. The zero-order chi connectivity index (χ0) is 23.5. The zero-order valence-electron chi connectivity index (χ0n) is 21.2. The highest BCUT2D eigenvalue weighted by molar-refractivity contribution is 5.39. The highest BCUT2D eigenvalue weighted by Crippen LogP contribution is 2.57. The molecule has 0 spiro atoms. The third kappa shape index (κ3) is 5.23. The van der Waals surface area contributed by atoms with E-state index in [4.69, 9.17) is 0 Å². The summed E-state index contributed by atoms with van der Waals surface area (Å²) in [5.74, 6) is 1.47. The molecule has 2 N–H and O–H groups in total. The van der Waals surface area contributed by atoms with Gasteiger partial charge in [-0.2, -0.15) is 0 Å². The second kappa shape index (κ2) is 10.3. The monoisotopic (exact) mass is 438 g/mol. The molecule has 32 heavy (non-hydrogen) atoms. The Morgan fingerprint density at radius 1 is 1.28 bits per heavy atom. The number of allylic oxidation sites excluding steroid dienone is 7. The quantitative estimate of drug-likeness (QED) is 0.405. The van der Waals surface area contributed by atoms with E-state index in [9.17, 15) is 10.2 Å². The maximum atomic E-state index is 10.6. The molecule has 0 amide bonds. The van der Waals surface area contributed by atoms with E-state index >= 15 is 0 Å². The first kappa shape index (κ1) is 25.2. The van der Waals surface area contributed by atoms with E-state index in [1.807, 2.05) is 6.08 Å². The summed E-state index contributed by atoms with van der Waals surface area (Å²) >= 11 is 0. The van der Waals surface area contributed by atoms with Crippen molar-refractivity contribution in [1.29, 1.82) is 0 Å². The Morgan fingerprint density at radius 2 is 2.00 bits per heavy atom. The molecule has 0 radical (unpaired) electrons. The van der Waals surface area contributed by atoms with Gasteiger partial charge >= 0.3 is 0 Å². The van der Waals surface area contributed by atoms with Gasteiger partial charge < -0.3 is 10.2 Å². The van der Waals surface area contributed by atoms with Crippen LogP contribution in [0.15, 0.2) is 59.3 Å². The average molecular weight is 439 g/mol. The lowest BCUT2D eigenvalue weighted by molar-refractivity contribution is 0.0824. The van der Waals surface area contributed by atoms with Gasteiger partial charge in [0, 0.05) is 0 Å². The Bertz CT molecular complexity index is 807. The molecule has 2 saturated carbocycles. The van der Waals surface area contributed by atoms with Gasteiger partial charge in [0.2, 0.25) is 0 Å². The predicted octanol–water partition coefficient (Wildman–Crippen LogP) is 7.46. The summed E-state index contributed by atoms with van der Waals surface area (Å²) in [5, 5.41) is 20.8. The molecular formula is C30H46O2. The van der Waals surface area contributed by atoms with Crippen molar-refractivity contribution in [3.8, 4) is 0 Å². The molecule has 0 aliphatic heterocycles. The Kier molecular flexibility index (Phi) is 8.10. The molecule has 0 bridgehead atoms. The number of hydrogen-bond acceptors (Lipinski definition) is 2. The molecule has 5 atom stereocenters.